The SMILES string of the molecule is Cc1cc(C)n(-c2ccc(N3CCN(S(=O)(=O)c4ccc(Br)s4)CC3)nn2)n1. The van der Waals surface area contributed by atoms with Crippen molar-refractivity contribution in [1.82, 2.24) is 24.3 Å². The fourth-order valence-electron chi connectivity index (χ4n) is 3.18. The van der Waals surface area contributed by atoms with Gasteiger partial charge in [0.05, 0.1) is 9.48 Å². The van der Waals surface area contributed by atoms with E-state index >= 15 is 0 Å². The summed E-state index contributed by atoms with van der Waals surface area (Å²) < 4.78 is 29.9. The second-order valence-corrected chi connectivity index (χ2v) is 11.2. The second-order valence-electron chi connectivity index (χ2n) is 6.54. The third kappa shape index (κ3) is 3.71. The van der Waals surface area contributed by atoms with Gasteiger partial charge in [-0.3, -0.25) is 0 Å². The highest BCUT2D eigenvalue weighted by atomic mass is 79.9. The average Bonchev–Trinajstić information content (AvgIpc) is 3.27. The lowest BCUT2D eigenvalue weighted by Gasteiger charge is -2.34. The van der Waals surface area contributed by atoms with Crippen molar-refractivity contribution >= 4 is 43.1 Å². The number of rotatable bonds is 4. The lowest BCUT2D eigenvalue weighted by atomic mass is 10.3. The first-order valence-electron chi connectivity index (χ1n) is 8.72. The number of hydrogen-bond acceptors (Lipinski definition) is 7. The molecule has 0 N–H and O–H groups in total. The van der Waals surface area contributed by atoms with Crippen molar-refractivity contribution in [1.29, 1.82) is 0 Å². The monoisotopic (exact) mass is 482 g/mol. The van der Waals surface area contributed by atoms with E-state index in [2.05, 4.69) is 31.2 Å². The molecule has 0 amide bonds. The average molecular weight is 483 g/mol. The molecule has 3 aromatic heterocycles. The molecule has 0 aromatic carbocycles. The van der Waals surface area contributed by atoms with Crippen LogP contribution in [0.2, 0.25) is 0 Å². The minimum Gasteiger partial charge on any atom is -0.352 e. The molecule has 0 aliphatic carbocycles. The second kappa shape index (κ2) is 7.54. The van der Waals surface area contributed by atoms with E-state index < -0.39 is 10.0 Å². The number of sulfonamides is 1. The quantitative estimate of drug-likeness (QED) is 0.568. The van der Waals surface area contributed by atoms with E-state index in [0.717, 1.165) is 21.0 Å². The van der Waals surface area contributed by atoms with Crippen molar-refractivity contribution in [3.63, 3.8) is 0 Å². The molecule has 3 aromatic rings. The van der Waals surface area contributed by atoms with Gasteiger partial charge in [0.2, 0.25) is 0 Å². The number of nitrogens with zero attached hydrogens (tertiary/aromatic N) is 6. The molecule has 4 heterocycles. The number of piperazine rings is 1. The van der Waals surface area contributed by atoms with Gasteiger partial charge in [-0.25, -0.2) is 13.1 Å². The zero-order valence-electron chi connectivity index (χ0n) is 15.4. The van der Waals surface area contributed by atoms with Gasteiger partial charge in [-0.05, 0) is 60.1 Å². The van der Waals surface area contributed by atoms with Gasteiger partial charge in [0.1, 0.15) is 4.21 Å². The molecule has 0 unspecified atom stereocenters. The number of thiophene rings is 1. The van der Waals surface area contributed by atoms with Crippen LogP contribution in [-0.4, -0.2) is 58.9 Å². The summed E-state index contributed by atoms with van der Waals surface area (Å²) in [5.41, 5.74) is 1.93. The molecule has 1 aliphatic heterocycles. The Morgan fingerprint density at radius 1 is 1.00 bits per heavy atom. The van der Waals surface area contributed by atoms with Gasteiger partial charge in [-0.15, -0.1) is 21.5 Å². The maximum Gasteiger partial charge on any atom is 0.252 e. The van der Waals surface area contributed by atoms with Gasteiger partial charge in [0.25, 0.3) is 10.0 Å². The normalized spacial score (nSPS) is 15.9. The van der Waals surface area contributed by atoms with Crippen LogP contribution in [0.1, 0.15) is 11.4 Å². The molecule has 0 atom stereocenters. The predicted octanol–water partition coefficient (Wildman–Crippen LogP) is 2.61. The topological polar surface area (TPSA) is 84.2 Å². The Kier molecular flexibility index (Phi) is 5.25. The molecule has 1 fully saturated rings. The largest absolute Gasteiger partial charge is 0.352 e. The van der Waals surface area contributed by atoms with Gasteiger partial charge >= 0.3 is 0 Å². The van der Waals surface area contributed by atoms with Crippen molar-refractivity contribution in [2.75, 3.05) is 31.1 Å². The first kappa shape index (κ1) is 19.5. The number of aryl methyl sites for hydroxylation is 2. The minimum absolute atomic E-state index is 0.363. The predicted molar refractivity (Wildman–Crippen MR) is 112 cm³/mol. The zero-order chi connectivity index (χ0) is 19.9. The van der Waals surface area contributed by atoms with Crippen LogP contribution in [-0.2, 0) is 10.0 Å². The van der Waals surface area contributed by atoms with Crippen LogP contribution in [0, 0.1) is 13.8 Å². The third-order valence-electron chi connectivity index (χ3n) is 4.57. The molecule has 0 saturated carbocycles. The lowest BCUT2D eigenvalue weighted by molar-refractivity contribution is 0.384. The van der Waals surface area contributed by atoms with Crippen LogP contribution in [0.5, 0.6) is 0 Å². The summed E-state index contributed by atoms with van der Waals surface area (Å²) in [6, 6.07) is 9.17. The highest BCUT2D eigenvalue weighted by Crippen LogP contribution is 2.29. The third-order valence-corrected chi connectivity index (χ3v) is 8.56. The molecule has 28 heavy (non-hydrogen) atoms. The zero-order valence-corrected chi connectivity index (χ0v) is 18.6. The Bertz CT molecular complexity index is 1090. The smallest absolute Gasteiger partial charge is 0.252 e. The van der Waals surface area contributed by atoms with Crippen LogP contribution >= 0.6 is 27.3 Å². The van der Waals surface area contributed by atoms with Crippen LogP contribution in [0.4, 0.5) is 5.82 Å². The summed E-state index contributed by atoms with van der Waals surface area (Å²) >= 11 is 4.55. The van der Waals surface area contributed by atoms with Gasteiger partial charge in [0.15, 0.2) is 11.6 Å². The summed E-state index contributed by atoms with van der Waals surface area (Å²) in [5.74, 6) is 1.40. The highest BCUT2D eigenvalue weighted by Gasteiger charge is 2.30. The Hall–Kier alpha value is -1.82. The fourth-order valence-corrected chi connectivity index (χ4v) is 6.77. The van der Waals surface area contributed by atoms with E-state index in [1.807, 2.05) is 36.9 Å². The van der Waals surface area contributed by atoms with Crippen molar-refractivity contribution in [3.8, 4) is 5.82 Å². The molecule has 1 aliphatic rings. The number of aromatic nitrogens is 4. The van der Waals surface area contributed by atoms with E-state index in [9.17, 15) is 8.42 Å². The van der Waals surface area contributed by atoms with Crippen molar-refractivity contribution < 1.29 is 8.42 Å². The molecule has 4 rings (SSSR count). The van der Waals surface area contributed by atoms with E-state index in [1.54, 1.807) is 16.8 Å². The Morgan fingerprint density at radius 3 is 2.21 bits per heavy atom. The Labute approximate surface area is 176 Å². The van der Waals surface area contributed by atoms with Gasteiger partial charge in [-0.2, -0.15) is 9.40 Å². The van der Waals surface area contributed by atoms with E-state index in [-0.39, 0.29) is 0 Å². The number of hydrogen-bond donors (Lipinski definition) is 0. The van der Waals surface area contributed by atoms with Gasteiger partial charge in [-0.1, -0.05) is 0 Å². The Balaban J connectivity index is 1.44. The van der Waals surface area contributed by atoms with Crippen molar-refractivity contribution in [2.45, 2.75) is 18.1 Å². The standard InChI is InChI=1S/C17H19BrN6O2S2/c1-12-11-13(2)24(21-12)16-5-4-15(19-20-16)22-7-9-23(10-8-22)28(25,26)17-6-3-14(18)27-17/h3-6,11H,7-10H2,1-2H3. The van der Waals surface area contributed by atoms with Crippen LogP contribution < -0.4 is 4.90 Å². The molecule has 0 radical (unpaired) electrons. The molecule has 148 valence electrons. The fraction of sp³-hybridized carbons (Fsp3) is 0.353. The van der Waals surface area contributed by atoms with Crippen LogP contribution in [0.3, 0.4) is 0 Å². The van der Waals surface area contributed by atoms with Crippen molar-refractivity contribution in [3.05, 3.63) is 45.5 Å². The first-order chi connectivity index (χ1) is 13.3. The van der Waals surface area contributed by atoms with Gasteiger partial charge in [0, 0.05) is 31.9 Å². The number of anilines is 1. The summed E-state index contributed by atoms with van der Waals surface area (Å²) in [5, 5.41) is 13.0. The van der Waals surface area contributed by atoms with Gasteiger partial charge < -0.3 is 4.90 Å². The van der Waals surface area contributed by atoms with E-state index in [4.69, 9.17) is 0 Å². The lowest BCUT2D eigenvalue weighted by Crippen LogP contribution is -2.48. The molecule has 11 heteroatoms. The molecule has 0 bridgehead atoms. The summed E-state index contributed by atoms with van der Waals surface area (Å²) in [6.07, 6.45) is 0. The molecular weight excluding hydrogens is 464 g/mol. The van der Waals surface area contributed by atoms with E-state index in [1.165, 1.54) is 15.6 Å². The highest BCUT2D eigenvalue weighted by molar-refractivity contribution is 9.11. The molecule has 0 spiro atoms. The molecule has 1 saturated heterocycles. The maximum absolute atomic E-state index is 12.7. The Morgan fingerprint density at radius 2 is 1.68 bits per heavy atom. The number of halogens is 1. The summed E-state index contributed by atoms with van der Waals surface area (Å²) in [6.45, 7) is 5.88. The maximum atomic E-state index is 12.7. The minimum atomic E-state index is -3.44. The summed E-state index contributed by atoms with van der Waals surface area (Å²) in [4.78, 5) is 2.05. The van der Waals surface area contributed by atoms with Crippen molar-refractivity contribution in [2.24, 2.45) is 0 Å². The summed E-state index contributed by atoms with van der Waals surface area (Å²) in [7, 11) is -3.44. The molecule has 8 nitrogen and oxygen atoms in total. The van der Waals surface area contributed by atoms with E-state index in [0.29, 0.717) is 36.2 Å². The van der Waals surface area contributed by atoms with Crippen LogP contribution in [0.25, 0.3) is 5.82 Å². The van der Waals surface area contributed by atoms with Crippen LogP contribution in [0.15, 0.2) is 38.3 Å². The first-order valence-corrected chi connectivity index (χ1v) is 11.8. The molecular formula is C17H19BrN6O2S2.